The zero-order valence-electron chi connectivity index (χ0n) is 15.7. The van der Waals surface area contributed by atoms with E-state index in [2.05, 4.69) is 46.6 Å². The number of nitrogens with zero attached hydrogens (tertiary/aromatic N) is 3. The number of carbonyl (C=O) groups is 1. The van der Waals surface area contributed by atoms with Gasteiger partial charge in [0.15, 0.2) is 0 Å². The summed E-state index contributed by atoms with van der Waals surface area (Å²) in [5.74, 6) is 1.24. The average molecular weight is 341 g/mol. The van der Waals surface area contributed by atoms with Gasteiger partial charge in [-0.15, -0.1) is 0 Å². The number of aryl methyl sites for hydroxylation is 3. The lowest BCUT2D eigenvalue weighted by atomic mass is 9.97. The van der Waals surface area contributed by atoms with Crippen LogP contribution in [0.4, 0.5) is 11.5 Å². The number of aromatic nitrogens is 2. The molecular weight excluding hydrogens is 314 g/mol. The second kappa shape index (κ2) is 6.88. The monoisotopic (exact) mass is 341 g/mol. The predicted octanol–water partition coefficient (Wildman–Crippen LogP) is 2.53. The third kappa shape index (κ3) is 3.54. The van der Waals surface area contributed by atoms with E-state index in [1.54, 1.807) is 0 Å². The zero-order valence-corrected chi connectivity index (χ0v) is 15.7. The Labute approximate surface area is 149 Å². The number of anilines is 2. The maximum atomic E-state index is 11.5. The van der Waals surface area contributed by atoms with Crippen molar-refractivity contribution >= 4 is 17.4 Å². The minimum absolute atomic E-state index is 0.106. The topological polar surface area (TPSA) is 62.2 Å². The highest BCUT2D eigenvalue weighted by atomic mass is 16.1. The SMILES string of the molecule is Cc1nn(C)c(N(C)C)c1CN[C@H](C)c1ccc2c(c1)CCC(=O)N2. The van der Waals surface area contributed by atoms with Crippen molar-refractivity contribution in [3.8, 4) is 0 Å². The molecule has 0 fully saturated rings. The smallest absolute Gasteiger partial charge is 0.224 e. The molecule has 6 nitrogen and oxygen atoms in total. The van der Waals surface area contributed by atoms with Crippen LogP contribution in [0.15, 0.2) is 18.2 Å². The fraction of sp³-hybridized carbons (Fsp3) is 0.474. The van der Waals surface area contributed by atoms with E-state index in [1.165, 1.54) is 16.7 Å². The largest absolute Gasteiger partial charge is 0.363 e. The van der Waals surface area contributed by atoms with Crippen LogP contribution in [0.3, 0.4) is 0 Å². The number of benzene rings is 1. The Bertz CT molecular complexity index is 793. The van der Waals surface area contributed by atoms with Crippen molar-refractivity contribution in [1.29, 1.82) is 0 Å². The number of hydrogen-bond donors (Lipinski definition) is 2. The average Bonchev–Trinajstić information content (AvgIpc) is 2.85. The van der Waals surface area contributed by atoms with Gasteiger partial charge in [0.25, 0.3) is 0 Å². The predicted molar refractivity (Wildman–Crippen MR) is 101 cm³/mol. The summed E-state index contributed by atoms with van der Waals surface area (Å²) in [6.07, 6.45) is 1.38. The molecule has 2 heterocycles. The first-order chi connectivity index (χ1) is 11.9. The molecule has 1 atom stereocenters. The maximum absolute atomic E-state index is 11.5. The Hall–Kier alpha value is -2.34. The molecule has 1 aliphatic heterocycles. The molecule has 0 bridgehead atoms. The van der Waals surface area contributed by atoms with Crippen LogP contribution in [0.5, 0.6) is 0 Å². The molecule has 1 aromatic heterocycles. The first-order valence-electron chi connectivity index (χ1n) is 8.72. The summed E-state index contributed by atoms with van der Waals surface area (Å²) in [6.45, 7) is 4.99. The van der Waals surface area contributed by atoms with Gasteiger partial charge in [0, 0.05) is 51.4 Å². The Kier molecular flexibility index (Phi) is 4.81. The Balaban J connectivity index is 1.74. The van der Waals surface area contributed by atoms with E-state index >= 15 is 0 Å². The molecule has 2 aromatic rings. The summed E-state index contributed by atoms with van der Waals surface area (Å²) >= 11 is 0. The van der Waals surface area contributed by atoms with Crippen LogP contribution in [-0.2, 0) is 24.8 Å². The van der Waals surface area contributed by atoms with Crippen molar-refractivity contribution in [2.24, 2.45) is 7.05 Å². The van der Waals surface area contributed by atoms with Gasteiger partial charge in [-0.2, -0.15) is 5.10 Å². The van der Waals surface area contributed by atoms with Gasteiger partial charge in [-0.25, -0.2) is 0 Å². The first kappa shape index (κ1) is 17.5. The third-order valence-corrected chi connectivity index (χ3v) is 4.85. The summed E-state index contributed by atoms with van der Waals surface area (Å²) in [7, 11) is 6.06. The van der Waals surface area contributed by atoms with Crippen LogP contribution in [0.2, 0.25) is 0 Å². The number of fused-ring (bicyclic) bond motifs is 1. The number of nitrogens with one attached hydrogen (secondary N) is 2. The van der Waals surface area contributed by atoms with Gasteiger partial charge in [0.2, 0.25) is 5.91 Å². The van der Waals surface area contributed by atoms with Gasteiger partial charge >= 0.3 is 0 Å². The molecule has 0 saturated heterocycles. The zero-order chi connectivity index (χ0) is 18.1. The van der Waals surface area contributed by atoms with Crippen LogP contribution in [-0.4, -0.2) is 29.8 Å². The quantitative estimate of drug-likeness (QED) is 0.877. The van der Waals surface area contributed by atoms with E-state index in [0.29, 0.717) is 6.42 Å². The summed E-state index contributed by atoms with van der Waals surface area (Å²) < 4.78 is 1.93. The van der Waals surface area contributed by atoms with Crippen molar-refractivity contribution < 1.29 is 4.79 Å². The van der Waals surface area contributed by atoms with Gasteiger partial charge in [-0.05, 0) is 37.5 Å². The highest BCUT2D eigenvalue weighted by Gasteiger charge is 2.18. The second-order valence-corrected chi connectivity index (χ2v) is 6.97. The molecule has 2 N–H and O–H groups in total. The second-order valence-electron chi connectivity index (χ2n) is 6.97. The van der Waals surface area contributed by atoms with E-state index in [4.69, 9.17) is 0 Å². The van der Waals surface area contributed by atoms with Gasteiger partial charge in [-0.1, -0.05) is 12.1 Å². The molecule has 0 radical (unpaired) electrons. The van der Waals surface area contributed by atoms with Crippen LogP contribution in [0, 0.1) is 6.92 Å². The Morgan fingerprint density at radius 2 is 2.12 bits per heavy atom. The van der Waals surface area contributed by atoms with Crippen LogP contribution < -0.4 is 15.5 Å². The number of amides is 1. The Morgan fingerprint density at radius 3 is 2.84 bits per heavy atom. The molecule has 3 rings (SSSR count). The molecular formula is C19H27N5O. The highest BCUT2D eigenvalue weighted by Crippen LogP contribution is 2.27. The maximum Gasteiger partial charge on any atom is 0.224 e. The van der Waals surface area contributed by atoms with Crippen molar-refractivity contribution in [3.63, 3.8) is 0 Å². The lowest BCUT2D eigenvalue weighted by Gasteiger charge is -2.21. The molecule has 1 amide bonds. The third-order valence-electron chi connectivity index (χ3n) is 4.85. The molecule has 1 aromatic carbocycles. The van der Waals surface area contributed by atoms with Gasteiger partial charge in [0.05, 0.1) is 5.69 Å². The number of hydrogen-bond acceptors (Lipinski definition) is 4. The fourth-order valence-electron chi connectivity index (χ4n) is 3.50. The molecule has 0 spiro atoms. The fourth-order valence-corrected chi connectivity index (χ4v) is 3.50. The summed E-state index contributed by atoms with van der Waals surface area (Å²) in [5.41, 5.74) is 5.69. The van der Waals surface area contributed by atoms with Gasteiger partial charge in [-0.3, -0.25) is 9.48 Å². The molecule has 134 valence electrons. The minimum Gasteiger partial charge on any atom is -0.363 e. The summed E-state index contributed by atoms with van der Waals surface area (Å²) in [4.78, 5) is 13.6. The summed E-state index contributed by atoms with van der Waals surface area (Å²) in [5, 5.41) is 11.1. The van der Waals surface area contributed by atoms with Crippen LogP contribution >= 0.6 is 0 Å². The summed E-state index contributed by atoms with van der Waals surface area (Å²) in [6, 6.07) is 6.53. The Morgan fingerprint density at radius 1 is 1.36 bits per heavy atom. The van der Waals surface area contributed by atoms with E-state index in [1.807, 2.05) is 31.9 Å². The first-order valence-corrected chi connectivity index (χ1v) is 8.72. The lowest BCUT2D eigenvalue weighted by Crippen LogP contribution is -2.22. The molecule has 1 aliphatic rings. The molecule has 0 unspecified atom stereocenters. The molecule has 0 aliphatic carbocycles. The van der Waals surface area contributed by atoms with Gasteiger partial charge in [0.1, 0.15) is 5.82 Å². The number of rotatable bonds is 5. The molecule has 25 heavy (non-hydrogen) atoms. The lowest BCUT2D eigenvalue weighted by molar-refractivity contribution is -0.116. The minimum atomic E-state index is 0.106. The standard InChI is InChI=1S/C19H27N5O/c1-12(14-6-8-17-15(10-14)7-9-18(25)21-17)20-11-16-13(2)22-24(5)19(16)23(3)4/h6,8,10,12,20H,7,9,11H2,1-5H3,(H,21,25)/t12-/m1/s1. The van der Waals surface area contributed by atoms with E-state index in [9.17, 15) is 4.79 Å². The van der Waals surface area contributed by atoms with E-state index in [-0.39, 0.29) is 11.9 Å². The highest BCUT2D eigenvalue weighted by molar-refractivity contribution is 5.93. The van der Waals surface area contributed by atoms with Crippen molar-refractivity contribution in [1.82, 2.24) is 15.1 Å². The van der Waals surface area contributed by atoms with Crippen LogP contribution in [0.1, 0.15) is 41.8 Å². The molecule has 0 saturated carbocycles. The normalized spacial score (nSPS) is 14.8. The number of carbonyl (C=O) groups excluding carboxylic acids is 1. The van der Waals surface area contributed by atoms with E-state index < -0.39 is 0 Å². The van der Waals surface area contributed by atoms with Crippen LogP contribution in [0.25, 0.3) is 0 Å². The van der Waals surface area contributed by atoms with E-state index in [0.717, 1.165) is 30.2 Å². The van der Waals surface area contributed by atoms with Crippen molar-refractivity contribution in [3.05, 3.63) is 40.6 Å². The van der Waals surface area contributed by atoms with Crippen molar-refractivity contribution in [2.75, 3.05) is 24.3 Å². The molecule has 6 heteroatoms. The van der Waals surface area contributed by atoms with Crippen molar-refractivity contribution in [2.45, 2.75) is 39.3 Å². The van der Waals surface area contributed by atoms with Gasteiger partial charge < -0.3 is 15.5 Å².